The van der Waals surface area contributed by atoms with E-state index in [2.05, 4.69) is 4.98 Å². The van der Waals surface area contributed by atoms with E-state index in [1.54, 1.807) is 23.7 Å². The van der Waals surface area contributed by atoms with Crippen molar-refractivity contribution in [3.05, 3.63) is 56.5 Å². The van der Waals surface area contributed by atoms with E-state index in [1.807, 2.05) is 0 Å². The molecule has 1 aromatic heterocycles. The summed E-state index contributed by atoms with van der Waals surface area (Å²) in [5.41, 5.74) is 1.97. The molecule has 6 heteroatoms. The van der Waals surface area contributed by atoms with Crippen LogP contribution in [-0.4, -0.2) is 15.7 Å². The van der Waals surface area contributed by atoms with Crippen molar-refractivity contribution in [1.82, 2.24) is 4.98 Å². The van der Waals surface area contributed by atoms with Crippen LogP contribution in [0.15, 0.2) is 36.0 Å². The molecular weight excluding hydrogens is 240 g/mol. The Balaban J connectivity index is 2.25. The molecule has 0 saturated heterocycles. The summed E-state index contributed by atoms with van der Waals surface area (Å²) in [6, 6.07) is 6.26. The van der Waals surface area contributed by atoms with E-state index in [1.165, 1.54) is 23.6 Å². The van der Waals surface area contributed by atoms with E-state index in [0.29, 0.717) is 10.4 Å². The van der Waals surface area contributed by atoms with Crippen molar-refractivity contribution in [1.29, 1.82) is 0 Å². The van der Waals surface area contributed by atoms with E-state index >= 15 is 0 Å². The van der Waals surface area contributed by atoms with E-state index in [9.17, 15) is 14.9 Å². The molecule has 2 rings (SSSR count). The Labute approximate surface area is 101 Å². The number of hydrogen-bond acceptors (Lipinski definition) is 5. The molecule has 0 atom stereocenters. The Morgan fingerprint density at radius 2 is 2.18 bits per heavy atom. The maximum absolute atomic E-state index is 11.8. The first-order chi connectivity index (χ1) is 8.18. The van der Waals surface area contributed by atoms with E-state index in [0.717, 1.165) is 0 Å². The standard InChI is InChI=1S/C11H8N2O3S/c14-10(11-6-12-7-17-11)5-8-3-1-2-4-9(8)13(15)16/h1-4,6-7H,5H2. The van der Waals surface area contributed by atoms with Crippen LogP contribution in [0.3, 0.4) is 0 Å². The second kappa shape index (κ2) is 4.84. The smallest absolute Gasteiger partial charge is 0.273 e. The van der Waals surface area contributed by atoms with Gasteiger partial charge in [0.1, 0.15) is 0 Å². The van der Waals surface area contributed by atoms with Gasteiger partial charge in [-0.25, -0.2) is 0 Å². The number of nitro benzene ring substituents is 1. The fraction of sp³-hybridized carbons (Fsp3) is 0.0909. The Morgan fingerprint density at radius 1 is 1.41 bits per heavy atom. The second-order valence-electron chi connectivity index (χ2n) is 3.35. The highest BCUT2D eigenvalue weighted by Crippen LogP contribution is 2.20. The molecule has 1 heterocycles. The van der Waals surface area contributed by atoms with Crippen LogP contribution < -0.4 is 0 Å². The highest BCUT2D eigenvalue weighted by molar-refractivity contribution is 7.11. The van der Waals surface area contributed by atoms with Gasteiger partial charge in [-0.15, -0.1) is 11.3 Å². The van der Waals surface area contributed by atoms with Crippen LogP contribution in [0.25, 0.3) is 0 Å². The third-order valence-corrected chi connectivity index (χ3v) is 3.06. The number of Topliss-reactive ketones (excluding diaryl/α,β-unsaturated/α-hetero) is 1. The van der Waals surface area contributed by atoms with Crippen molar-refractivity contribution < 1.29 is 9.72 Å². The summed E-state index contributed by atoms with van der Waals surface area (Å²) in [6.45, 7) is 0. The third kappa shape index (κ3) is 2.54. The number of ketones is 1. The van der Waals surface area contributed by atoms with Crippen LogP contribution in [0, 0.1) is 10.1 Å². The van der Waals surface area contributed by atoms with Gasteiger partial charge in [-0.3, -0.25) is 19.9 Å². The van der Waals surface area contributed by atoms with Crippen molar-refractivity contribution in [2.75, 3.05) is 0 Å². The summed E-state index contributed by atoms with van der Waals surface area (Å²) in [5.74, 6) is -0.151. The Kier molecular flexibility index (Phi) is 3.24. The lowest BCUT2D eigenvalue weighted by Gasteiger charge is -2.00. The zero-order valence-corrected chi connectivity index (χ0v) is 9.52. The van der Waals surface area contributed by atoms with Crippen molar-refractivity contribution in [3.63, 3.8) is 0 Å². The molecule has 0 saturated carbocycles. The molecule has 2 aromatic rings. The van der Waals surface area contributed by atoms with Crippen LogP contribution >= 0.6 is 11.3 Å². The predicted octanol–water partition coefficient (Wildman–Crippen LogP) is 2.48. The topological polar surface area (TPSA) is 73.1 Å². The first kappa shape index (κ1) is 11.4. The van der Waals surface area contributed by atoms with Gasteiger partial charge in [-0.1, -0.05) is 18.2 Å². The Morgan fingerprint density at radius 3 is 2.82 bits per heavy atom. The molecular formula is C11H8N2O3S. The number of para-hydroxylation sites is 1. The molecule has 0 aliphatic heterocycles. The minimum atomic E-state index is -0.477. The number of benzene rings is 1. The molecule has 0 N–H and O–H groups in total. The molecule has 0 aliphatic rings. The van der Waals surface area contributed by atoms with Crippen LogP contribution in [0.1, 0.15) is 15.2 Å². The normalized spacial score (nSPS) is 10.1. The largest absolute Gasteiger partial charge is 0.293 e. The van der Waals surface area contributed by atoms with E-state index in [4.69, 9.17) is 0 Å². The number of carbonyl (C=O) groups excluding carboxylic acids is 1. The van der Waals surface area contributed by atoms with Gasteiger partial charge in [-0.05, 0) is 0 Å². The summed E-state index contributed by atoms with van der Waals surface area (Å²) < 4.78 is 0. The fourth-order valence-corrected chi connectivity index (χ4v) is 2.01. The molecule has 0 amide bonds. The molecule has 5 nitrogen and oxygen atoms in total. The molecule has 0 spiro atoms. The highest BCUT2D eigenvalue weighted by Gasteiger charge is 2.16. The van der Waals surface area contributed by atoms with Gasteiger partial charge in [-0.2, -0.15) is 0 Å². The predicted molar refractivity (Wildman–Crippen MR) is 63.2 cm³/mol. The number of aromatic nitrogens is 1. The molecule has 1 aromatic carbocycles. The van der Waals surface area contributed by atoms with E-state index < -0.39 is 4.92 Å². The van der Waals surface area contributed by atoms with Gasteiger partial charge in [0.05, 0.1) is 15.3 Å². The van der Waals surface area contributed by atoms with Gasteiger partial charge in [0.25, 0.3) is 5.69 Å². The lowest BCUT2D eigenvalue weighted by Crippen LogP contribution is -2.04. The maximum Gasteiger partial charge on any atom is 0.273 e. The van der Waals surface area contributed by atoms with E-state index in [-0.39, 0.29) is 17.9 Å². The maximum atomic E-state index is 11.8. The fourth-order valence-electron chi connectivity index (χ4n) is 1.45. The molecule has 86 valence electrons. The van der Waals surface area contributed by atoms with Crippen LogP contribution in [-0.2, 0) is 6.42 Å². The Bertz CT molecular complexity index is 552. The average molecular weight is 248 g/mol. The monoisotopic (exact) mass is 248 g/mol. The first-order valence-corrected chi connectivity index (χ1v) is 5.70. The van der Waals surface area contributed by atoms with Crippen LogP contribution in [0.4, 0.5) is 5.69 Å². The lowest BCUT2D eigenvalue weighted by molar-refractivity contribution is -0.385. The summed E-state index contributed by atoms with van der Waals surface area (Å²) in [4.78, 5) is 26.4. The summed E-state index contributed by atoms with van der Waals surface area (Å²) in [5, 5.41) is 10.8. The summed E-state index contributed by atoms with van der Waals surface area (Å²) in [7, 11) is 0. The second-order valence-corrected chi connectivity index (χ2v) is 4.24. The molecule has 0 aliphatic carbocycles. The number of carbonyl (C=O) groups is 1. The van der Waals surface area contributed by atoms with Gasteiger partial charge in [0.2, 0.25) is 0 Å². The minimum Gasteiger partial charge on any atom is -0.293 e. The number of rotatable bonds is 4. The molecule has 17 heavy (non-hydrogen) atoms. The highest BCUT2D eigenvalue weighted by atomic mass is 32.1. The van der Waals surface area contributed by atoms with Gasteiger partial charge in [0, 0.05) is 24.2 Å². The minimum absolute atomic E-state index is 0.0228. The SMILES string of the molecule is O=C(Cc1ccccc1[N+](=O)[O-])c1cncs1. The number of thiazole rings is 1. The zero-order chi connectivity index (χ0) is 12.3. The molecule has 0 radical (unpaired) electrons. The van der Waals surface area contributed by atoms with Crippen molar-refractivity contribution >= 4 is 22.8 Å². The number of nitro groups is 1. The molecule has 0 unspecified atom stereocenters. The molecule has 0 fully saturated rings. The Hall–Kier alpha value is -2.08. The lowest BCUT2D eigenvalue weighted by atomic mass is 10.1. The van der Waals surface area contributed by atoms with Crippen molar-refractivity contribution in [2.45, 2.75) is 6.42 Å². The van der Waals surface area contributed by atoms with Gasteiger partial charge in [0.15, 0.2) is 5.78 Å². The van der Waals surface area contributed by atoms with Crippen LogP contribution in [0.2, 0.25) is 0 Å². The van der Waals surface area contributed by atoms with Crippen molar-refractivity contribution in [2.24, 2.45) is 0 Å². The zero-order valence-electron chi connectivity index (χ0n) is 8.70. The van der Waals surface area contributed by atoms with Gasteiger partial charge >= 0.3 is 0 Å². The third-order valence-electron chi connectivity index (χ3n) is 2.25. The first-order valence-electron chi connectivity index (χ1n) is 4.82. The summed E-state index contributed by atoms with van der Waals surface area (Å²) in [6.07, 6.45) is 1.50. The molecule has 0 bridgehead atoms. The van der Waals surface area contributed by atoms with Crippen LogP contribution in [0.5, 0.6) is 0 Å². The van der Waals surface area contributed by atoms with Crippen molar-refractivity contribution in [3.8, 4) is 0 Å². The number of nitrogens with zero attached hydrogens (tertiary/aromatic N) is 2. The number of hydrogen-bond donors (Lipinski definition) is 0. The van der Waals surface area contributed by atoms with Gasteiger partial charge < -0.3 is 0 Å². The average Bonchev–Trinajstić information content (AvgIpc) is 2.83. The summed E-state index contributed by atoms with van der Waals surface area (Å²) >= 11 is 1.23. The quantitative estimate of drug-likeness (QED) is 0.473.